The Morgan fingerprint density at radius 2 is 1.82 bits per heavy atom. The molecule has 0 saturated carbocycles. The van der Waals surface area contributed by atoms with E-state index >= 15 is 0 Å². The lowest BCUT2D eigenvalue weighted by Crippen LogP contribution is -1.96. The highest BCUT2D eigenvalue weighted by atomic mass is 127. The molecule has 17 heavy (non-hydrogen) atoms. The van der Waals surface area contributed by atoms with E-state index in [9.17, 15) is 4.39 Å². The van der Waals surface area contributed by atoms with Gasteiger partial charge in [0.1, 0.15) is 18.2 Å². The number of benzene rings is 2. The minimum absolute atomic E-state index is 0.333. The highest BCUT2D eigenvalue weighted by molar-refractivity contribution is 14.1. The Morgan fingerprint density at radius 1 is 1.12 bits per heavy atom. The van der Waals surface area contributed by atoms with Crippen LogP contribution in [-0.4, -0.2) is 0 Å². The zero-order valence-electron chi connectivity index (χ0n) is 8.79. The summed E-state index contributed by atoms with van der Waals surface area (Å²) < 4.78 is 19.5. The molecule has 2 aromatic rings. The Morgan fingerprint density at radius 3 is 2.47 bits per heavy atom. The monoisotopic (exact) mass is 362 g/mol. The summed E-state index contributed by atoms with van der Waals surface area (Å²) in [6.07, 6.45) is 0. The van der Waals surface area contributed by atoms with Crippen LogP contribution in [0, 0.1) is 9.39 Å². The zero-order chi connectivity index (χ0) is 12.3. The van der Waals surface area contributed by atoms with Crippen LogP contribution in [0.4, 0.5) is 4.39 Å². The summed E-state index contributed by atoms with van der Waals surface area (Å²) >= 11 is 8.13. The molecule has 0 aromatic heterocycles. The number of rotatable bonds is 3. The van der Waals surface area contributed by atoms with Crippen LogP contribution in [0.5, 0.6) is 5.75 Å². The molecule has 0 amide bonds. The van der Waals surface area contributed by atoms with Crippen molar-refractivity contribution in [3.63, 3.8) is 0 Å². The largest absolute Gasteiger partial charge is 0.489 e. The number of ether oxygens (including phenoxy) is 1. The van der Waals surface area contributed by atoms with E-state index in [2.05, 4.69) is 22.6 Å². The minimum Gasteiger partial charge on any atom is -0.489 e. The minimum atomic E-state index is -0.340. The average Bonchev–Trinajstić information content (AvgIpc) is 2.30. The van der Waals surface area contributed by atoms with Crippen molar-refractivity contribution in [3.8, 4) is 5.75 Å². The van der Waals surface area contributed by atoms with Crippen molar-refractivity contribution >= 4 is 34.2 Å². The van der Waals surface area contributed by atoms with E-state index in [4.69, 9.17) is 16.3 Å². The van der Waals surface area contributed by atoms with Gasteiger partial charge in [-0.25, -0.2) is 4.39 Å². The van der Waals surface area contributed by atoms with Crippen molar-refractivity contribution in [2.75, 3.05) is 0 Å². The lowest BCUT2D eigenvalue weighted by Gasteiger charge is -2.07. The van der Waals surface area contributed by atoms with Crippen LogP contribution in [-0.2, 0) is 6.61 Å². The second kappa shape index (κ2) is 5.69. The molecular weight excluding hydrogens is 353 g/mol. The fourth-order valence-corrected chi connectivity index (χ4v) is 1.91. The van der Waals surface area contributed by atoms with Gasteiger partial charge in [-0.15, -0.1) is 0 Å². The van der Waals surface area contributed by atoms with Crippen molar-refractivity contribution < 1.29 is 9.13 Å². The predicted molar refractivity (Wildman–Crippen MR) is 74.9 cm³/mol. The highest BCUT2D eigenvalue weighted by Gasteiger charge is 2.03. The molecule has 0 saturated heterocycles. The fraction of sp³-hybridized carbons (Fsp3) is 0.0769. The van der Waals surface area contributed by atoms with Gasteiger partial charge in [0.2, 0.25) is 0 Å². The van der Waals surface area contributed by atoms with Gasteiger partial charge in [0.05, 0.1) is 5.02 Å². The molecule has 0 radical (unpaired) electrons. The molecule has 0 unspecified atom stereocenters. The Labute approximate surface area is 118 Å². The normalized spacial score (nSPS) is 10.3. The third-order valence-corrected chi connectivity index (χ3v) is 3.29. The molecule has 0 bridgehead atoms. The number of hydrogen-bond acceptors (Lipinski definition) is 1. The lowest BCUT2D eigenvalue weighted by molar-refractivity contribution is 0.306. The SMILES string of the molecule is Fc1ccc(COc2ccc(I)cc2)c(Cl)c1. The van der Waals surface area contributed by atoms with E-state index in [1.807, 2.05) is 24.3 Å². The Kier molecular flexibility index (Phi) is 4.23. The lowest BCUT2D eigenvalue weighted by atomic mass is 10.2. The quantitative estimate of drug-likeness (QED) is 0.722. The molecule has 0 heterocycles. The summed E-state index contributed by atoms with van der Waals surface area (Å²) in [5.74, 6) is 0.429. The molecule has 2 aromatic carbocycles. The molecule has 4 heteroatoms. The van der Waals surface area contributed by atoms with Crippen LogP contribution in [0.1, 0.15) is 5.56 Å². The first-order valence-corrected chi connectivity index (χ1v) is 6.43. The van der Waals surface area contributed by atoms with E-state index in [1.54, 1.807) is 6.07 Å². The van der Waals surface area contributed by atoms with E-state index in [0.717, 1.165) is 14.9 Å². The molecule has 0 atom stereocenters. The maximum atomic E-state index is 12.8. The third kappa shape index (κ3) is 3.57. The predicted octanol–water partition coefficient (Wildman–Crippen LogP) is 4.66. The second-order valence-corrected chi connectivity index (χ2v) is 5.13. The summed E-state index contributed by atoms with van der Waals surface area (Å²) in [5.41, 5.74) is 0.770. The van der Waals surface area contributed by atoms with Crippen molar-refractivity contribution in [1.82, 2.24) is 0 Å². The number of hydrogen-bond donors (Lipinski definition) is 0. The average molecular weight is 363 g/mol. The molecule has 0 N–H and O–H groups in total. The van der Waals surface area contributed by atoms with Crippen LogP contribution < -0.4 is 4.74 Å². The summed E-state index contributed by atoms with van der Waals surface area (Å²) in [6.45, 7) is 0.333. The van der Waals surface area contributed by atoms with Crippen molar-refractivity contribution in [2.45, 2.75) is 6.61 Å². The summed E-state index contributed by atoms with van der Waals surface area (Å²) in [6, 6.07) is 12.0. The molecule has 0 fully saturated rings. The maximum Gasteiger partial charge on any atom is 0.124 e. The van der Waals surface area contributed by atoms with E-state index < -0.39 is 0 Å². The first-order valence-electron chi connectivity index (χ1n) is 4.97. The van der Waals surface area contributed by atoms with Gasteiger partial charge in [-0.1, -0.05) is 17.7 Å². The van der Waals surface area contributed by atoms with Gasteiger partial charge < -0.3 is 4.74 Å². The molecule has 0 spiro atoms. The van der Waals surface area contributed by atoms with Crippen molar-refractivity contribution in [3.05, 3.63) is 62.4 Å². The van der Waals surface area contributed by atoms with Gasteiger partial charge in [-0.3, -0.25) is 0 Å². The van der Waals surface area contributed by atoms with Crippen molar-refractivity contribution in [2.24, 2.45) is 0 Å². The Hall–Kier alpha value is -0.810. The van der Waals surface area contributed by atoms with E-state index in [1.165, 1.54) is 12.1 Å². The molecule has 88 valence electrons. The molecule has 0 aliphatic rings. The fourth-order valence-electron chi connectivity index (χ4n) is 1.33. The first-order chi connectivity index (χ1) is 8.15. The Bertz CT molecular complexity index is 513. The highest BCUT2D eigenvalue weighted by Crippen LogP contribution is 2.20. The maximum absolute atomic E-state index is 12.8. The van der Waals surface area contributed by atoms with Crippen LogP contribution in [0.25, 0.3) is 0 Å². The molecule has 0 aliphatic carbocycles. The van der Waals surface area contributed by atoms with Gasteiger partial charge in [-0.2, -0.15) is 0 Å². The summed E-state index contributed by atoms with van der Waals surface area (Å²) in [5, 5.41) is 0.385. The van der Waals surface area contributed by atoms with Crippen LogP contribution in [0.15, 0.2) is 42.5 Å². The standard InChI is InChI=1S/C13H9ClFIO/c14-13-7-10(15)2-1-9(13)8-17-12-5-3-11(16)4-6-12/h1-7H,8H2. The van der Waals surface area contributed by atoms with Gasteiger partial charge in [0.15, 0.2) is 0 Å². The van der Waals surface area contributed by atoms with E-state index in [0.29, 0.717) is 11.6 Å². The zero-order valence-corrected chi connectivity index (χ0v) is 11.7. The number of halogens is 3. The first kappa shape index (κ1) is 12.6. The van der Waals surface area contributed by atoms with Gasteiger partial charge in [-0.05, 0) is 59.0 Å². The van der Waals surface area contributed by atoms with Gasteiger partial charge in [0, 0.05) is 9.13 Å². The molecule has 0 aliphatic heterocycles. The van der Waals surface area contributed by atoms with Gasteiger partial charge in [0.25, 0.3) is 0 Å². The molecule has 2 rings (SSSR count). The second-order valence-electron chi connectivity index (χ2n) is 3.48. The van der Waals surface area contributed by atoms with Crippen molar-refractivity contribution in [1.29, 1.82) is 0 Å². The molecular formula is C13H9ClFIO. The van der Waals surface area contributed by atoms with Crippen LogP contribution in [0.3, 0.4) is 0 Å². The topological polar surface area (TPSA) is 9.23 Å². The van der Waals surface area contributed by atoms with Gasteiger partial charge >= 0.3 is 0 Å². The van der Waals surface area contributed by atoms with E-state index in [-0.39, 0.29) is 5.82 Å². The summed E-state index contributed by atoms with van der Waals surface area (Å²) in [7, 11) is 0. The molecule has 1 nitrogen and oxygen atoms in total. The summed E-state index contributed by atoms with van der Waals surface area (Å²) in [4.78, 5) is 0. The third-order valence-electron chi connectivity index (χ3n) is 2.22. The smallest absolute Gasteiger partial charge is 0.124 e. The van der Waals surface area contributed by atoms with Crippen LogP contribution >= 0.6 is 34.2 Å². The Balaban J connectivity index is 2.04. The van der Waals surface area contributed by atoms with Crippen LogP contribution in [0.2, 0.25) is 5.02 Å².